The van der Waals surface area contributed by atoms with E-state index in [0.29, 0.717) is 5.56 Å². The Balaban J connectivity index is 1.36. The number of halogens is 4. The first-order chi connectivity index (χ1) is 15.2. The van der Waals surface area contributed by atoms with Gasteiger partial charge in [-0.15, -0.1) is 19.0 Å². The number of amides is 1. The van der Waals surface area contributed by atoms with Crippen LogP contribution in [0.25, 0.3) is 11.4 Å². The van der Waals surface area contributed by atoms with Gasteiger partial charge in [0.05, 0.1) is 5.75 Å². The van der Waals surface area contributed by atoms with Gasteiger partial charge in [-0.3, -0.25) is 4.79 Å². The highest BCUT2D eigenvalue weighted by Crippen LogP contribution is 2.42. The Morgan fingerprint density at radius 2 is 1.88 bits per heavy atom. The summed E-state index contributed by atoms with van der Waals surface area (Å²) in [6, 6.07) is 9.47. The van der Waals surface area contributed by atoms with Crippen molar-refractivity contribution >= 4 is 23.4 Å². The van der Waals surface area contributed by atoms with Gasteiger partial charge in [0, 0.05) is 17.3 Å². The average molecular weight is 471 g/mol. The van der Waals surface area contributed by atoms with Crippen LogP contribution >= 0.6 is 11.8 Å². The molecule has 0 saturated carbocycles. The molecule has 9 nitrogen and oxygen atoms in total. The number of alkyl halides is 4. The molecule has 2 aromatic carbocycles. The van der Waals surface area contributed by atoms with Gasteiger partial charge in [-0.1, -0.05) is 11.8 Å². The molecule has 0 unspecified atom stereocenters. The van der Waals surface area contributed by atoms with Crippen LogP contribution in [0.2, 0.25) is 0 Å². The van der Waals surface area contributed by atoms with Gasteiger partial charge >= 0.3 is 12.9 Å². The fourth-order valence-corrected chi connectivity index (χ4v) is 3.37. The van der Waals surface area contributed by atoms with Crippen molar-refractivity contribution in [1.82, 2.24) is 14.9 Å². The SMILES string of the molecule is Nn1c(SCC(=O)Nc2ccc3c(c2)OC(F)(F)O3)nnc1-c1ccc(OC(F)F)cc1. The summed E-state index contributed by atoms with van der Waals surface area (Å²) in [6.07, 6.45) is -3.75. The van der Waals surface area contributed by atoms with Gasteiger partial charge in [0.15, 0.2) is 17.3 Å². The van der Waals surface area contributed by atoms with Crippen molar-refractivity contribution in [2.24, 2.45) is 0 Å². The van der Waals surface area contributed by atoms with E-state index in [2.05, 4.69) is 29.7 Å². The molecule has 14 heteroatoms. The summed E-state index contributed by atoms with van der Waals surface area (Å²) < 4.78 is 64.7. The predicted octanol–water partition coefficient (Wildman–Crippen LogP) is 3.31. The molecule has 1 aliphatic rings. The minimum absolute atomic E-state index is 0.0228. The molecule has 0 atom stereocenters. The van der Waals surface area contributed by atoms with E-state index in [1.165, 1.54) is 42.5 Å². The van der Waals surface area contributed by atoms with E-state index in [1.54, 1.807) is 0 Å². The zero-order chi connectivity index (χ0) is 22.9. The quantitative estimate of drug-likeness (QED) is 0.307. The largest absolute Gasteiger partial charge is 0.586 e. The average Bonchev–Trinajstić information content (AvgIpc) is 3.24. The minimum atomic E-state index is -3.75. The standard InChI is InChI=1S/C18H13F4N5O4S/c19-16(20)29-11-4-1-9(2-5-11)15-25-26-17(27(15)23)32-8-14(28)24-10-3-6-12-13(7-10)31-18(21,22)30-12/h1-7,16H,8,23H2,(H,24,28). The number of anilines is 1. The maximum Gasteiger partial charge on any atom is 0.586 e. The first kappa shape index (κ1) is 21.5. The molecule has 0 bridgehead atoms. The van der Waals surface area contributed by atoms with Crippen molar-refractivity contribution in [2.75, 3.05) is 16.9 Å². The van der Waals surface area contributed by atoms with Crippen molar-refractivity contribution in [3.05, 3.63) is 42.5 Å². The second-order valence-corrected chi connectivity index (χ2v) is 7.19. The highest BCUT2D eigenvalue weighted by Gasteiger charge is 2.43. The fraction of sp³-hybridized carbons (Fsp3) is 0.167. The molecule has 168 valence electrons. The lowest BCUT2D eigenvalue weighted by Gasteiger charge is -2.07. The number of hydrogen-bond acceptors (Lipinski definition) is 8. The molecular formula is C18H13F4N5O4S. The number of thioether (sulfide) groups is 1. The Labute approximate surface area is 181 Å². The predicted molar refractivity (Wildman–Crippen MR) is 104 cm³/mol. The van der Waals surface area contributed by atoms with Crippen LogP contribution in [0.4, 0.5) is 23.2 Å². The Morgan fingerprint density at radius 1 is 1.16 bits per heavy atom. The van der Waals surface area contributed by atoms with Crippen LogP contribution in [0.3, 0.4) is 0 Å². The molecule has 32 heavy (non-hydrogen) atoms. The van der Waals surface area contributed by atoms with E-state index >= 15 is 0 Å². The summed E-state index contributed by atoms with van der Waals surface area (Å²) in [7, 11) is 0. The van der Waals surface area contributed by atoms with Crippen molar-refractivity contribution in [3.8, 4) is 28.6 Å². The smallest absolute Gasteiger partial charge is 0.435 e. The number of ether oxygens (including phenoxy) is 3. The van der Waals surface area contributed by atoms with E-state index < -0.39 is 18.8 Å². The topological polar surface area (TPSA) is 114 Å². The maximum atomic E-state index is 13.1. The van der Waals surface area contributed by atoms with Gasteiger partial charge in [-0.25, -0.2) is 4.68 Å². The third-order valence-corrected chi connectivity index (χ3v) is 4.96. The highest BCUT2D eigenvalue weighted by atomic mass is 32.2. The number of carbonyl (C=O) groups is 1. The fourth-order valence-electron chi connectivity index (χ4n) is 2.71. The lowest BCUT2D eigenvalue weighted by atomic mass is 10.2. The number of aromatic nitrogens is 3. The third-order valence-electron chi connectivity index (χ3n) is 4.02. The lowest BCUT2D eigenvalue weighted by molar-refractivity contribution is -0.286. The van der Waals surface area contributed by atoms with E-state index in [0.717, 1.165) is 16.4 Å². The number of benzene rings is 2. The highest BCUT2D eigenvalue weighted by molar-refractivity contribution is 7.99. The number of nitrogens with two attached hydrogens (primary N) is 1. The van der Waals surface area contributed by atoms with Crippen LogP contribution in [0.5, 0.6) is 17.2 Å². The van der Waals surface area contributed by atoms with Gasteiger partial charge in [0.2, 0.25) is 11.1 Å². The first-order valence-electron chi connectivity index (χ1n) is 8.78. The second-order valence-electron chi connectivity index (χ2n) is 6.24. The van der Waals surface area contributed by atoms with Gasteiger partial charge < -0.3 is 25.4 Å². The molecule has 0 radical (unpaired) electrons. The van der Waals surface area contributed by atoms with Gasteiger partial charge in [0.1, 0.15) is 5.75 Å². The van der Waals surface area contributed by atoms with Crippen LogP contribution in [-0.4, -0.2) is 39.4 Å². The Kier molecular flexibility index (Phi) is 5.69. The number of fused-ring (bicyclic) bond motifs is 1. The van der Waals surface area contributed by atoms with Crippen LogP contribution in [-0.2, 0) is 4.79 Å². The number of nitrogens with one attached hydrogen (secondary N) is 1. The van der Waals surface area contributed by atoms with E-state index in [1.807, 2.05) is 0 Å². The summed E-state index contributed by atoms with van der Waals surface area (Å²) >= 11 is 0.979. The molecule has 3 N–H and O–H groups in total. The second kappa shape index (κ2) is 8.45. The summed E-state index contributed by atoms with van der Waals surface area (Å²) in [4.78, 5) is 12.2. The zero-order valence-electron chi connectivity index (χ0n) is 15.8. The van der Waals surface area contributed by atoms with Crippen LogP contribution in [0.1, 0.15) is 0 Å². The molecule has 3 aromatic rings. The molecule has 1 amide bonds. The number of carbonyl (C=O) groups excluding carboxylic acids is 1. The molecule has 4 rings (SSSR count). The normalized spacial score (nSPS) is 13.9. The monoisotopic (exact) mass is 471 g/mol. The van der Waals surface area contributed by atoms with Crippen molar-refractivity contribution in [1.29, 1.82) is 0 Å². The molecule has 1 aromatic heterocycles. The van der Waals surface area contributed by atoms with Crippen molar-refractivity contribution < 1.29 is 36.6 Å². The van der Waals surface area contributed by atoms with Crippen molar-refractivity contribution in [2.45, 2.75) is 18.1 Å². The number of nitrogens with zero attached hydrogens (tertiary/aromatic N) is 3. The third kappa shape index (κ3) is 4.80. The van der Waals surface area contributed by atoms with Gasteiger partial charge in [0.25, 0.3) is 0 Å². The summed E-state index contributed by atoms with van der Waals surface area (Å²) in [5.41, 5.74) is 0.728. The van der Waals surface area contributed by atoms with Gasteiger partial charge in [-0.2, -0.15) is 8.78 Å². The van der Waals surface area contributed by atoms with E-state index in [4.69, 9.17) is 5.84 Å². The van der Waals surface area contributed by atoms with E-state index in [9.17, 15) is 22.4 Å². The zero-order valence-corrected chi connectivity index (χ0v) is 16.6. The number of rotatable bonds is 7. The molecule has 0 aliphatic carbocycles. The first-order valence-corrected chi connectivity index (χ1v) is 9.77. The molecular weight excluding hydrogens is 458 g/mol. The maximum absolute atomic E-state index is 13.1. The molecule has 2 heterocycles. The number of nitrogen functional groups attached to an aromatic ring is 1. The van der Waals surface area contributed by atoms with Crippen LogP contribution < -0.4 is 25.4 Å². The molecule has 1 aliphatic heterocycles. The van der Waals surface area contributed by atoms with Crippen molar-refractivity contribution in [3.63, 3.8) is 0 Å². The van der Waals surface area contributed by atoms with Gasteiger partial charge in [-0.05, 0) is 36.4 Å². The molecule has 0 fully saturated rings. The Hall–Kier alpha value is -3.68. The Bertz CT molecular complexity index is 1140. The molecule has 0 saturated heterocycles. The Morgan fingerprint density at radius 3 is 2.59 bits per heavy atom. The van der Waals surface area contributed by atoms with Crippen LogP contribution in [0, 0.1) is 0 Å². The lowest BCUT2D eigenvalue weighted by Crippen LogP contribution is -2.25. The number of hydrogen-bond donors (Lipinski definition) is 2. The summed E-state index contributed by atoms with van der Waals surface area (Å²) in [5, 5.41) is 10.6. The van der Waals surface area contributed by atoms with E-state index in [-0.39, 0.29) is 39.7 Å². The minimum Gasteiger partial charge on any atom is -0.435 e. The van der Waals surface area contributed by atoms with Crippen LogP contribution in [0.15, 0.2) is 47.6 Å². The summed E-state index contributed by atoms with van der Waals surface area (Å²) in [6.45, 7) is -2.94. The molecule has 0 spiro atoms. The summed E-state index contributed by atoms with van der Waals surface area (Å²) in [5.74, 6) is 5.28.